The van der Waals surface area contributed by atoms with E-state index in [0.717, 1.165) is 30.6 Å². The average Bonchev–Trinajstić information content (AvgIpc) is 2.94. The molecule has 4 rings (SSSR count). The van der Waals surface area contributed by atoms with Crippen LogP contribution in [0.1, 0.15) is 18.4 Å². The van der Waals surface area contributed by atoms with Crippen molar-refractivity contribution in [2.75, 3.05) is 11.4 Å². The first-order valence-electron chi connectivity index (χ1n) is 8.21. The van der Waals surface area contributed by atoms with Crippen LogP contribution in [0, 0.1) is 0 Å². The second-order valence-corrected chi connectivity index (χ2v) is 6.01. The molecule has 2 heterocycles. The maximum absolute atomic E-state index is 12.7. The van der Waals surface area contributed by atoms with Crippen molar-refractivity contribution in [3.63, 3.8) is 0 Å². The molecule has 0 N–H and O–H groups in total. The van der Waals surface area contributed by atoms with Gasteiger partial charge in [-0.15, -0.1) is 0 Å². The number of carbonyl (C=O) groups is 1. The maximum atomic E-state index is 12.7. The first kappa shape index (κ1) is 14.8. The molecule has 1 aromatic heterocycles. The normalized spacial score (nSPS) is 13.9. The zero-order chi connectivity index (χ0) is 16.5. The zero-order valence-electron chi connectivity index (χ0n) is 13.3. The average molecular weight is 322 g/mol. The van der Waals surface area contributed by atoms with E-state index in [1.807, 2.05) is 41.3 Å². The number of rotatable bonds is 3. The van der Waals surface area contributed by atoms with Crippen LogP contribution in [0.4, 0.5) is 5.69 Å². The number of hydrogen-bond acceptors (Lipinski definition) is 3. The van der Waals surface area contributed by atoms with Crippen LogP contribution in [-0.2, 0) is 17.8 Å². The summed E-state index contributed by atoms with van der Waals surface area (Å²) < 4.78 is 6.75. The van der Waals surface area contributed by atoms with Crippen molar-refractivity contribution in [3.8, 4) is 0 Å². The Morgan fingerprint density at radius 1 is 1.08 bits per heavy atom. The molecule has 0 unspecified atom stereocenters. The lowest BCUT2D eigenvalue weighted by molar-refractivity contribution is -0.118. The summed E-state index contributed by atoms with van der Waals surface area (Å²) in [6.45, 7) is 1.06. The lowest BCUT2D eigenvalue weighted by Crippen LogP contribution is -2.36. The molecule has 2 aromatic carbocycles. The summed E-state index contributed by atoms with van der Waals surface area (Å²) in [7, 11) is 0. The van der Waals surface area contributed by atoms with Gasteiger partial charge in [-0.05, 0) is 36.6 Å². The van der Waals surface area contributed by atoms with Gasteiger partial charge in [0.2, 0.25) is 5.91 Å². The number of hydrogen-bond donors (Lipinski definition) is 0. The van der Waals surface area contributed by atoms with E-state index in [4.69, 9.17) is 4.42 Å². The summed E-state index contributed by atoms with van der Waals surface area (Å²) in [6.07, 6.45) is 2.25. The molecule has 0 saturated carbocycles. The molecule has 1 aliphatic rings. The van der Waals surface area contributed by atoms with Gasteiger partial charge in [-0.1, -0.05) is 30.3 Å². The molecule has 0 radical (unpaired) electrons. The first-order chi connectivity index (χ1) is 11.7. The maximum Gasteiger partial charge on any atom is 0.419 e. The summed E-state index contributed by atoms with van der Waals surface area (Å²) >= 11 is 0. The molecule has 3 aromatic rings. The number of amides is 1. The molecule has 24 heavy (non-hydrogen) atoms. The molecule has 5 heteroatoms. The van der Waals surface area contributed by atoms with Gasteiger partial charge >= 0.3 is 5.76 Å². The predicted octanol–water partition coefficient (Wildman–Crippen LogP) is 2.96. The van der Waals surface area contributed by atoms with E-state index in [1.165, 1.54) is 10.1 Å². The molecule has 0 spiro atoms. The van der Waals surface area contributed by atoms with Crippen LogP contribution in [0.15, 0.2) is 57.7 Å². The summed E-state index contributed by atoms with van der Waals surface area (Å²) in [4.78, 5) is 26.5. The Bertz CT molecular complexity index is 954. The van der Waals surface area contributed by atoms with Gasteiger partial charge in [0, 0.05) is 25.2 Å². The van der Waals surface area contributed by atoms with Crippen molar-refractivity contribution in [2.45, 2.75) is 25.8 Å². The van der Waals surface area contributed by atoms with E-state index >= 15 is 0 Å². The second-order valence-electron chi connectivity index (χ2n) is 6.01. The van der Waals surface area contributed by atoms with E-state index < -0.39 is 5.76 Å². The van der Waals surface area contributed by atoms with Gasteiger partial charge in [-0.3, -0.25) is 9.36 Å². The molecule has 5 nitrogen and oxygen atoms in total. The Labute approximate surface area is 139 Å². The number of carbonyl (C=O) groups excluding carboxylic acids is 1. The highest BCUT2D eigenvalue weighted by Gasteiger charge is 2.22. The SMILES string of the molecule is O=C(CCn1c(=O)oc2ccccc21)N1CCCc2ccccc21. The highest BCUT2D eigenvalue weighted by Crippen LogP contribution is 2.27. The Morgan fingerprint density at radius 3 is 2.79 bits per heavy atom. The molecule has 1 aliphatic heterocycles. The number of aromatic nitrogens is 1. The molecule has 0 fully saturated rings. The third-order valence-corrected chi connectivity index (χ3v) is 4.53. The van der Waals surface area contributed by atoms with E-state index in [0.29, 0.717) is 12.1 Å². The molecular formula is C19H18N2O3. The summed E-state index contributed by atoms with van der Waals surface area (Å²) in [5, 5.41) is 0. The number of nitrogens with zero attached hydrogens (tertiary/aromatic N) is 2. The van der Waals surface area contributed by atoms with Crippen LogP contribution in [0.3, 0.4) is 0 Å². The van der Waals surface area contributed by atoms with Gasteiger partial charge in [0.25, 0.3) is 0 Å². The molecule has 0 aliphatic carbocycles. The highest BCUT2D eigenvalue weighted by molar-refractivity contribution is 5.94. The minimum absolute atomic E-state index is 0.0410. The quantitative estimate of drug-likeness (QED) is 0.745. The van der Waals surface area contributed by atoms with E-state index in [-0.39, 0.29) is 12.3 Å². The first-order valence-corrected chi connectivity index (χ1v) is 8.21. The molecule has 1 amide bonds. The van der Waals surface area contributed by atoms with Crippen LogP contribution < -0.4 is 10.7 Å². The number of aryl methyl sites for hydroxylation is 2. The van der Waals surface area contributed by atoms with Crippen LogP contribution >= 0.6 is 0 Å². The molecule has 0 bridgehead atoms. The lowest BCUT2D eigenvalue weighted by Gasteiger charge is -2.29. The summed E-state index contributed by atoms with van der Waals surface area (Å²) in [6, 6.07) is 15.3. The standard InChI is InChI=1S/C19H18N2O3/c22-18(20-12-5-7-14-6-1-2-8-15(14)20)11-13-21-16-9-3-4-10-17(16)24-19(21)23/h1-4,6,8-10H,5,7,11-13H2. The van der Waals surface area contributed by atoms with Gasteiger partial charge in [0.05, 0.1) is 5.52 Å². The van der Waals surface area contributed by atoms with Crippen LogP contribution in [0.25, 0.3) is 11.1 Å². The zero-order valence-corrected chi connectivity index (χ0v) is 13.3. The number of benzene rings is 2. The predicted molar refractivity (Wildman–Crippen MR) is 92.2 cm³/mol. The van der Waals surface area contributed by atoms with Gasteiger partial charge in [-0.25, -0.2) is 4.79 Å². The fourth-order valence-electron chi connectivity index (χ4n) is 3.36. The van der Waals surface area contributed by atoms with Crippen molar-refractivity contribution >= 4 is 22.7 Å². The topological polar surface area (TPSA) is 55.5 Å². The number of anilines is 1. The molecular weight excluding hydrogens is 304 g/mol. The lowest BCUT2D eigenvalue weighted by atomic mass is 10.0. The van der Waals surface area contributed by atoms with Crippen molar-refractivity contribution in [1.82, 2.24) is 4.57 Å². The molecule has 0 atom stereocenters. The van der Waals surface area contributed by atoms with Gasteiger partial charge in [-0.2, -0.15) is 0 Å². The van der Waals surface area contributed by atoms with Crippen molar-refractivity contribution in [3.05, 3.63) is 64.6 Å². The van der Waals surface area contributed by atoms with Crippen LogP contribution in [0.2, 0.25) is 0 Å². The molecule has 122 valence electrons. The number of fused-ring (bicyclic) bond motifs is 2. The largest absolute Gasteiger partial charge is 0.419 e. The Balaban J connectivity index is 1.55. The summed E-state index contributed by atoms with van der Waals surface area (Å²) in [5.74, 6) is -0.373. The van der Waals surface area contributed by atoms with Crippen molar-refractivity contribution in [1.29, 1.82) is 0 Å². The van der Waals surface area contributed by atoms with Crippen LogP contribution in [0.5, 0.6) is 0 Å². The number of para-hydroxylation sites is 3. The van der Waals surface area contributed by atoms with E-state index in [1.54, 1.807) is 6.07 Å². The minimum atomic E-state index is -0.414. The second kappa shape index (κ2) is 6.00. The Kier molecular flexibility index (Phi) is 3.69. The smallest absolute Gasteiger partial charge is 0.408 e. The van der Waals surface area contributed by atoms with E-state index in [2.05, 4.69) is 6.07 Å². The third kappa shape index (κ3) is 2.52. The monoisotopic (exact) mass is 322 g/mol. The number of oxazole rings is 1. The van der Waals surface area contributed by atoms with E-state index in [9.17, 15) is 9.59 Å². The summed E-state index contributed by atoms with van der Waals surface area (Å²) in [5.41, 5.74) is 3.49. The molecule has 0 saturated heterocycles. The highest BCUT2D eigenvalue weighted by atomic mass is 16.4. The minimum Gasteiger partial charge on any atom is -0.408 e. The van der Waals surface area contributed by atoms with Crippen molar-refractivity contribution < 1.29 is 9.21 Å². The fraction of sp³-hybridized carbons (Fsp3) is 0.263. The van der Waals surface area contributed by atoms with Crippen LogP contribution in [-0.4, -0.2) is 17.0 Å². The van der Waals surface area contributed by atoms with Gasteiger partial charge < -0.3 is 9.32 Å². The Hall–Kier alpha value is -2.82. The fourth-order valence-corrected chi connectivity index (χ4v) is 3.36. The van der Waals surface area contributed by atoms with Gasteiger partial charge in [0.15, 0.2) is 5.58 Å². The Morgan fingerprint density at radius 2 is 1.88 bits per heavy atom. The third-order valence-electron chi connectivity index (χ3n) is 4.53. The van der Waals surface area contributed by atoms with Gasteiger partial charge in [0.1, 0.15) is 0 Å². The van der Waals surface area contributed by atoms with Crippen molar-refractivity contribution in [2.24, 2.45) is 0 Å².